The Balaban J connectivity index is 2.40. The van der Waals surface area contributed by atoms with Gasteiger partial charge in [0.2, 0.25) is 0 Å². The second kappa shape index (κ2) is 6.57. The van der Waals surface area contributed by atoms with Gasteiger partial charge in [-0.05, 0) is 17.9 Å². The minimum Gasteiger partial charge on any atom is -0.381 e. The Morgan fingerprint density at radius 3 is 2.57 bits per heavy atom. The van der Waals surface area contributed by atoms with Crippen LogP contribution < -0.4 is 5.32 Å². The van der Waals surface area contributed by atoms with Gasteiger partial charge in [-0.3, -0.25) is 5.32 Å². The van der Waals surface area contributed by atoms with Crippen LogP contribution in [0.25, 0.3) is 0 Å². The number of aliphatic hydroxyl groups excluding tert-OH is 1. The predicted octanol–water partition coefficient (Wildman–Crippen LogP) is 1.79. The molecule has 1 aromatic carbocycles. The smallest absolute Gasteiger partial charge is 0.0931 e. The highest BCUT2D eigenvalue weighted by molar-refractivity contribution is 5.15. The molecule has 0 aliphatic rings. The predicted molar refractivity (Wildman–Crippen MR) is 59.0 cm³/mol. The molecule has 1 atom stereocenters. The Hall–Kier alpha value is -0.860. The molecule has 0 spiro atoms. The highest BCUT2D eigenvalue weighted by atomic mass is 16.3. The van der Waals surface area contributed by atoms with Gasteiger partial charge in [-0.1, -0.05) is 43.7 Å². The van der Waals surface area contributed by atoms with Crippen LogP contribution in [-0.4, -0.2) is 18.4 Å². The lowest BCUT2D eigenvalue weighted by Gasteiger charge is -2.14. The largest absolute Gasteiger partial charge is 0.381 e. The molecule has 78 valence electrons. The summed E-state index contributed by atoms with van der Waals surface area (Å²) in [5.41, 5.74) is 1.37. The first-order valence-corrected chi connectivity index (χ1v) is 5.22. The maximum absolute atomic E-state index is 8.67. The summed E-state index contributed by atoms with van der Waals surface area (Å²) in [6.07, 6.45) is 2.23. The van der Waals surface area contributed by atoms with Crippen LogP contribution in [0.4, 0.5) is 0 Å². The van der Waals surface area contributed by atoms with Gasteiger partial charge in [0.25, 0.3) is 0 Å². The Bertz CT molecular complexity index is 235. The first kappa shape index (κ1) is 11.2. The van der Waals surface area contributed by atoms with Crippen molar-refractivity contribution in [2.24, 2.45) is 5.92 Å². The molecule has 0 fully saturated rings. The van der Waals surface area contributed by atoms with Crippen LogP contribution in [0.3, 0.4) is 0 Å². The average molecular weight is 193 g/mol. The van der Waals surface area contributed by atoms with E-state index in [4.69, 9.17) is 5.11 Å². The molecule has 0 heterocycles. The molecular weight excluding hydrogens is 174 g/mol. The van der Waals surface area contributed by atoms with Crippen molar-refractivity contribution >= 4 is 0 Å². The zero-order valence-electron chi connectivity index (χ0n) is 8.74. The molecule has 2 heteroatoms. The lowest BCUT2D eigenvalue weighted by atomic mass is 9.97. The van der Waals surface area contributed by atoms with Gasteiger partial charge in [0, 0.05) is 6.54 Å². The van der Waals surface area contributed by atoms with Crippen LogP contribution in [-0.2, 0) is 6.42 Å². The van der Waals surface area contributed by atoms with Crippen LogP contribution >= 0.6 is 0 Å². The molecule has 14 heavy (non-hydrogen) atoms. The van der Waals surface area contributed by atoms with Crippen molar-refractivity contribution < 1.29 is 5.11 Å². The molecular formula is C12H19NO. The molecule has 0 saturated heterocycles. The maximum atomic E-state index is 8.67. The second-order valence-corrected chi connectivity index (χ2v) is 3.58. The standard InChI is InChI=1S/C12H19NO/c1-2-11(9-13-10-14)8-12-6-4-3-5-7-12/h3-7,11,13-14H,2,8-10H2,1H3/t11-/m0/s1. The van der Waals surface area contributed by atoms with E-state index in [1.807, 2.05) is 6.07 Å². The maximum Gasteiger partial charge on any atom is 0.0931 e. The Morgan fingerprint density at radius 1 is 1.29 bits per heavy atom. The van der Waals surface area contributed by atoms with Crippen LogP contribution in [0.5, 0.6) is 0 Å². The summed E-state index contributed by atoms with van der Waals surface area (Å²) in [4.78, 5) is 0. The van der Waals surface area contributed by atoms with Crippen molar-refractivity contribution in [1.29, 1.82) is 0 Å². The molecule has 0 saturated carbocycles. The number of rotatable bonds is 6. The van der Waals surface area contributed by atoms with E-state index in [0.717, 1.165) is 19.4 Å². The molecule has 0 radical (unpaired) electrons. The summed E-state index contributed by atoms with van der Waals surface area (Å²) >= 11 is 0. The van der Waals surface area contributed by atoms with Gasteiger partial charge >= 0.3 is 0 Å². The molecule has 1 aromatic rings. The van der Waals surface area contributed by atoms with E-state index in [1.165, 1.54) is 5.56 Å². The van der Waals surface area contributed by atoms with E-state index in [-0.39, 0.29) is 6.73 Å². The molecule has 0 aliphatic heterocycles. The fraction of sp³-hybridized carbons (Fsp3) is 0.500. The molecule has 0 aromatic heterocycles. The molecule has 2 nitrogen and oxygen atoms in total. The lowest BCUT2D eigenvalue weighted by Crippen LogP contribution is -2.24. The minimum atomic E-state index is 0.0747. The minimum absolute atomic E-state index is 0.0747. The summed E-state index contributed by atoms with van der Waals surface area (Å²) in [7, 11) is 0. The monoisotopic (exact) mass is 193 g/mol. The van der Waals surface area contributed by atoms with E-state index >= 15 is 0 Å². The van der Waals surface area contributed by atoms with E-state index in [0.29, 0.717) is 5.92 Å². The van der Waals surface area contributed by atoms with Crippen molar-refractivity contribution in [1.82, 2.24) is 5.32 Å². The number of benzene rings is 1. The normalized spacial score (nSPS) is 12.7. The molecule has 0 amide bonds. The second-order valence-electron chi connectivity index (χ2n) is 3.58. The third-order valence-electron chi connectivity index (χ3n) is 2.49. The Morgan fingerprint density at radius 2 is 2.00 bits per heavy atom. The van der Waals surface area contributed by atoms with Gasteiger partial charge in [0.1, 0.15) is 0 Å². The van der Waals surface area contributed by atoms with Crippen LogP contribution in [0.1, 0.15) is 18.9 Å². The van der Waals surface area contributed by atoms with Gasteiger partial charge in [0.05, 0.1) is 6.73 Å². The van der Waals surface area contributed by atoms with Crippen molar-refractivity contribution in [3.8, 4) is 0 Å². The van der Waals surface area contributed by atoms with Gasteiger partial charge < -0.3 is 5.11 Å². The first-order valence-electron chi connectivity index (χ1n) is 5.22. The van der Waals surface area contributed by atoms with Crippen molar-refractivity contribution in [3.63, 3.8) is 0 Å². The van der Waals surface area contributed by atoms with Crippen LogP contribution in [0.15, 0.2) is 30.3 Å². The van der Waals surface area contributed by atoms with E-state index < -0.39 is 0 Å². The van der Waals surface area contributed by atoms with Gasteiger partial charge in [-0.2, -0.15) is 0 Å². The number of aliphatic hydroxyl groups is 1. The van der Waals surface area contributed by atoms with Crippen molar-refractivity contribution in [3.05, 3.63) is 35.9 Å². The highest BCUT2D eigenvalue weighted by Gasteiger charge is 2.05. The third-order valence-corrected chi connectivity index (χ3v) is 2.49. The Labute approximate surface area is 86.0 Å². The average Bonchev–Trinajstić information content (AvgIpc) is 2.25. The lowest BCUT2D eigenvalue weighted by molar-refractivity contribution is 0.248. The highest BCUT2D eigenvalue weighted by Crippen LogP contribution is 2.10. The van der Waals surface area contributed by atoms with Gasteiger partial charge in [0.15, 0.2) is 0 Å². The summed E-state index contributed by atoms with van der Waals surface area (Å²) in [5, 5.41) is 11.6. The Kier molecular flexibility index (Phi) is 5.27. The van der Waals surface area contributed by atoms with Gasteiger partial charge in [-0.25, -0.2) is 0 Å². The fourth-order valence-electron chi connectivity index (χ4n) is 1.58. The molecule has 0 aliphatic carbocycles. The van der Waals surface area contributed by atoms with E-state index in [9.17, 15) is 0 Å². The summed E-state index contributed by atoms with van der Waals surface area (Å²) in [6, 6.07) is 10.5. The summed E-state index contributed by atoms with van der Waals surface area (Å²) < 4.78 is 0. The quantitative estimate of drug-likeness (QED) is 0.675. The van der Waals surface area contributed by atoms with Crippen LogP contribution in [0.2, 0.25) is 0 Å². The topological polar surface area (TPSA) is 32.3 Å². The van der Waals surface area contributed by atoms with E-state index in [2.05, 4.69) is 36.5 Å². The van der Waals surface area contributed by atoms with Crippen molar-refractivity contribution in [2.75, 3.05) is 13.3 Å². The van der Waals surface area contributed by atoms with E-state index in [1.54, 1.807) is 0 Å². The van der Waals surface area contributed by atoms with Crippen LogP contribution in [0, 0.1) is 5.92 Å². The molecule has 0 bridgehead atoms. The van der Waals surface area contributed by atoms with Gasteiger partial charge in [-0.15, -0.1) is 0 Å². The summed E-state index contributed by atoms with van der Waals surface area (Å²) in [6.45, 7) is 3.15. The SMILES string of the molecule is CC[C@H](CNCO)Cc1ccccc1. The van der Waals surface area contributed by atoms with Crippen molar-refractivity contribution in [2.45, 2.75) is 19.8 Å². The molecule has 2 N–H and O–H groups in total. The number of hydrogen-bond acceptors (Lipinski definition) is 2. The molecule has 1 rings (SSSR count). The fourth-order valence-corrected chi connectivity index (χ4v) is 1.58. The molecule has 0 unspecified atom stereocenters. The first-order chi connectivity index (χ1) is 6.86. The number of nitrogens with one attached hydrogen (secondary N) is 1. The summed E-state index contributed by atoms with van der Waals surface area (Å²) in [5.74, 6) is 0.615. The zero-order chi connectivity index (χ0) is 10.2. The third kappa shape index (κ3) is 3.90. The zero-order valence-corrected chi connectivity index (χ0v) is 8.74. The number of hydrogen-bond donors (Lipinski definition) is 2.